The summed E-state index contributed by atoms with van der Waals surface area (Å²) in [7, 11) is 0. The molecule has 0 fully saturated rings. The number of rotatable bonds is 3. The van der Waals surface area contributed by atoms with Crippen LogP contribution in [0.1, 0.15) is 29.5 Å². The number of nitriles is 1. The van der Waals surface area contributed by atoms with Crippen molar-refractivity contribution in [1.82, 2.24) is 0 Å². The number of hydrogen-bond acceptors (Lipinski definition) is 3. The Labute approximate surface area is 70.6 Å². The topological polar surface area (TPSA) is 54.0 Å². The third-order valence-electron chi connectivity index (χ3n) is 1.61. The van der Waals surface area contributed by atoms with Crippen molar-refractivity contribution in [1.29, 1.82) is 5.26 Å². The normalized spacial score (nSPS) is 9.33. The van der Waals surface area contributed by atoms with Crippen LogP contribution in [0.4, 0.5) is 0 Å². The lowest BCUT2D eigenvalue weighted by molar-refractivity contribution is 0.0996. The Bertz CT molecular complexity index is 320. The molecule has 0 aliphatic heterocycles. The summed E-state index contributed by atoms with van der Waals surface area (Å²) >= 11 is 0. The number of furan rings is 1. The van der Waals surface area contributed by atoms with Crippen molar-refractivity contribution in [2.24, 2.45) is 0 Å². The zero-order valence-electron chi connectivity index (χ0n) is 6.83. The Morgan fingerprint density at radius 2 is 2.50 bits per heavy atom. The first-order chi connectivity index (χ1) is 5.79. The summed E-state index contributed by atoms with van der Waals surface area (Å²) in [5, 5.41) is 8.30. The fourth-order valence-corrected chi connectivity index (χ4v) is 1.03. The van der Waals surface area contributed by atoms with Gasteiger partial charge in [-0.05, 0) is 6.07 Å². The molecule has 0 aliphatic rings. The highest BCUT2D eigenvalue weighted by molar-refractivity contribution is 5.98. The van der Waals surface area contributed by atoms with Crippen LogP contribution < -0.4 is 0 Å². The van der Waals surface area contributed by atoms with Crippen molar-refractivity contribution in [3.05, 3.63) is 23.7 Å². The van der Waals surface area contributed by atoms with Gasteiger partial charge >= 0.3 is 0 Å². The summed E-state index contributed by atoms with van der Waals surface area (Å²) in [5.74, 6) is 0.498. The maximum Gasteiger partial charge on any atom is 0.180 e. The summed E-state index contributed by atoms with van der Waals surface area (Å²) in [5.41, 5.74) is 0.541. The standard InChI is InChI=1S/C9H9NO2/c1-2-9-7(4-6-12-9)8(11)3-5-10/h4,6H,2-3H2,1H3. The molecule has 0 aliphatic carbocycles. The molecule has 3 heteroatoms. The van der Waals surface area contributed by atoms with Crippen molar-refractivity contribution in [3.63, 3.8) is 0 Å². The molecule has 0 spiro atoms. The van der Waals surface area contributed by atoms with Gasteiger partial charge in [-0.1, -0.05) is 6.92 Å². The van der Waals surface area contributed by atoms with Gasteiger partial charge in [0.2, 0.25) is 0 Å². The summed E-state index contributed by atoms with van der Waals surface area (Å²) < 4.78 is 5.05. The number of ketones is 1. The van der Waals surface area contributed by atoms with Gasteiger partial charge in [0.1, 0.15) is 5.76 Å². The van der Waals surface area contributed by atoms with Crippen LogP contribution in [-0.2, 0) is 6.42 Å². The Morgan fingerprint density at radius 1 is 1.75 bits per heavy atom. The van der Waals surface area contributed by atoms with Crippen molar-refractivity contribution >= 4 is 5.78 Å². The molecule has 1 aromatic heterocycles. The molecule has 1 heterocycles. The number of aryl methyl sites for hydroxylation is 1. The zero-order chi connectivity index (χ0) is 8.97. The van der Waals surface area contributed by atoms with E-state index in [1.807, 2.05) is 13.0 Å². The first-order valence-electron chi connectivity index (χ1n) is 3.76. The number of carbonyl (C=O) groups excluding carboxylic acids is 1. The molecular weight excluding hydrogens is 154 g/mol. The van der Waals surface area contributed by atoms with Crippen molar-refractivity contribution in [2.45, 2.75) is 19.8 Å². The molecule has 0 amide bonds. The largest absolute Gasteiger partial charge is 0.469 e. The van der Waals surface area contributed by atoms with E-state index in [1.165, 1.54) is 6.26 Å². The molecular formula is C9H9NO2. The van der Waals surface area contributed by atoms with Gasteiger partial charge in [-0.3, -0.25) is 4.79 Å². The fourth-order valence-electron chi connectivity index (χ4n) is 1.03. The van der Waals surface area contributed by atoms with E-state index >= 15 is 0 Å². The van der Waals surface area contributed by atoms with E-state index < -0.39 is 0 Å². The highest BCUT2D eigenvalue weighted by atomic mass is 16.3. The van der Waals surface area contributed by atoms with Crippen LogP contribution in [0.2, 0.25) is 0 Å². The number of hydrogen-bond donors (Lipinski definition) is 0. The van der Waals surface area contributed by atoms with Gasteiger partial charge in [0, 0.05) is 6.42 Å². The maximum atomic E-state index is 11.2. The average Bonchev–Trinajstić information content (AvgIpc) is 2.51. The fraction of sp³-hybridized carbons (Fsp3) is 0.333. The Morgan fingerprint density at radius 3 is 3.08 bits per heavy atom. The monoisotopic (exact) mass is 163 g/mol. The second kappa shape index (κ2) is 3.72. The van der Waals surface area contributed by atoms with Gasteiger partial charge in [-0.15, -0.1) is 0 Å². The molecule has 0 bridgehead atoms. The Hall–Kier alpha value is -1.56. The lowest BCUT2D eigenvalue weighted by Gasteiger charge is -1.93. The molecule has 12 heavy (non-hydrogen) atoms. The van der Waals surface area contributed by atoms with Crippen LogP contribution in [-0.4, -0.2) is 5.78 Å². The molecule has 0 radical (unpaired) electrons. The first kappa shape index (κ1) is 8.54. The quantitative estimate of drug-likeness (QED) is 0.640. The highest BCUT2D eigenvalue weighted by Gasteiger charge is 2.11. The third kappa shape index (κ3) is 1.54. The van der Waals surface area contributed by atoms with Gasteiger partial charge in [-0.25, -0.2) is 0 Å². The van der Waals surface area contributed by atoms with Gasteiger partial charge in [-0.2, -0.15) is 5.26 Å². The summed E-state index contributed by atoms with van der Waals surface area (Å²) in [6.45, 7) is 1.90. The molecule has 1 aromatic rings. The summed E-state index contributed by atoms with van der Waals surface area (Å²) in [4.78, 5) is 11.2. The molecule has 0 aromatic carbocycles. The summed E-state index contributed by atoms with van der Waals surface area (Å²) in [6.07, 6.45) is 2.08. The molecule has 0 N–H and O–H groups in total. The Kier molecular flexibility index (Phi) is 2.65. The lowest BCUT2D eigenvalue weighted by Crippen LogP contribution is -1.98. The molecule has 1 rings (SSSR count). The SMILES string of the molecule is CCc1occc1C(=O)CC#N. The predicted molar refractivity (Wildman–Crippen MR) is 42.6 cm³/mol. The molecule has 62 valence electrons. The van der Waals surface area contributed by atoms with Crippen LogP contribution in [0.3, 0.4) is 0 Å². The van der Waals surface area contributed by atoms with E-state index in [9.17, 15) is 4.79 Å². The van der Waals surface area contributed by atoms with E-state index in [1.54, 1.807) is 6.07 Å². The average molecular weight is 163 g/mol. The molecule has 0 atom stereocenters. The zero-order valence-corrected chi connectivity index (χ0v) is 6.83. The third-order valence-corrected chi connectivity index (χ3v) is 1.61. The van der Waals surface area contributed by atoms with Crippen LogP contribution in [0.15, 0.2) is 16.7 Å². The van der Waals surface area contributed by atoms with Crippen molar-refractivity contribution in [3.8, 4) is 6.07 Å². The molecule has 0 unspecified atom stereocenters. The lowest BCUT2D eigenvalue weighted by atomic mass is 10.1. The van der Waals surface area contributed by atoms with Crippen LogP contribution in [0, 0.1) is 11.3 Å². The predicted octanol–water partition coefficient (Wildman–Crippen LogP) is 1.94. The van der Waals surface area contributed by atoms with E-state index in [2.05, 4.69) is 0 Å². The van der Waals surface area contributed by atoms with Gasteiger partial charge in [0.15, 0.2) is 5.78 Å². The number of carbonyl (C=O) groups is 1. The van der Waals surface area contributed by atoms with E-state index in [0.717, 1.165) is 0 Å². The molecule has 0 saturated carbocycles. The molecule has 0 saturated heterocycles. The smallest absolute Gasteiger partial charge is 0.180 e. The minimum atomic E-state index is -0.164. The van der Waals surface area contributed by atoms with E-state index in [-0.39, 0.29) is 12.2 Å². The minimum Gasteiger partial charge on any atom is -0.469 e. The number of Topliss-reactive ketones (excluding diaryl/α,β-unsaturated/α-hetero) is 1. The second-order valence-electron chi connectivity index (χ2n) is 2.37. The minimum absolute atomic E-state index is 0.0769. The molecule has 3 nitrogen and oxygen atoms in total. The van der Waals surface area contributed by atoms with Crippen molar-refractivity contribution in [2.75, 3.05) is 0 Å². The van der Waals surface area contributed by atoms with Gasteiger partial charge in [0.25, 0.3) is 0 Å². The van der Waals surface area contributed by atoms with Crippen molar-refractivity contribution < 1.29 is 9.21 Å². The second-order valence-corrected chi connectivity index (χ2v) is 2.37. The van der Waals surface area contributed by atoms with Crippen LogP contribution >= 0.6 is 0 Å². The maximum absolute atomic E-state index is 11.2. The van der Waals surface area contributed by atoms with Crippen LogP contribution in [0.5, 0.6) is 0 Å². The van der Waals surface area contributed by atoms with E-state index in [0.29, 0.717) is 17.7 Å². The van der Waals surface area contributed by atoms with Crippen LogP contribution in [0.25, 0.3) is 0 Å². The Balaban J connectivity index is 2.88. The van der Waals surface area contributed by atoms with Gasteiger partial charge < -0.3 is 4.42 Å². The van der Waals surface area contributed by atoms with Gasteiger partial charge in [0.05, 0.1) is 24.3 Å². The van der Waals surface area contributed by atoms with E-state index in [4.69, 9.17) is 9.68 Å². The summed E-state index contributed by atoms with van der Waals surface area (Å²) in [6, 6.07) is 3.43. The number of nitrogens with zero attached hydrogens (tertiary/aromatic N) is 1. The highest BCUT2D eigenvalue weighted by Crippen LogP contribution is 2.12. The first-order valence-corrected chi connectivity index (χ1v) is 3.76.